The highest BCUT2D eigenvalue weighted by Crippen LogP contribution is 2.22. The van der Waals surface area contributed by atoms with Gasteiger partial charge < -0.3 is 30.3 Å². The first kappa shape index (κ1) is 21.8. The SMILES string of the molecule is Cc1noc(C)c1NC(=O)NCC[C@@H]1CC[C@@H](NC(=O)c2ccccc2)[C@H](CO)O1. The third kappa shape index (κ3) is 5.58. The maximum Gasteiger partial charge on any atom is 0.319 e. The Morgan fingerprint density at radius 2 is 1.97 bits per heavy atom. The molecule has 3 atom stereocenters. The number of hydrogen-bond donors (Lipinski definition) is 4. The highest BCUT2D eigenvalue weighted by atomic mass is 16.5. The lowest BCUT2D eigenvalue weighted by molar-refractivity contribution is -0.0892. The Balaban J connectivity index is 1.42. The summed E-state index contributed by atoms with van der Waals surface area (Å²) in [7, 11) is 0. The number of rotatable bonds is 7. The van der Waals surface area contributed by atoms with Crippen molar-refractivity contribution in [2.24, 2.45) is 0 Å². The largest absolute Gasteiger partial charge is 0.394 e. The second kappa shape index (κ2) is 10.2. The predicted octanol–water partition coefficient (Wildman–Crippen LogP) is 2.14. The number of amides is 3. The molecule has 0 bridgehead atoms. The van der Waals surface area contributed by atoms with Crippen molar-refractivity contribution in [2.75, 3.05) is 18.5 Å². The number of urea groups is 1. The van der Waals surface area contributed by atoms with Gasteiger partial charge in [-0.1, -0.05) is 23.4 Å². The van der Waals surface area contributed by atoms with Crippen molar-refractivity contribution in [3.05, 3.63) is 47.3 Å². The number of nitrogens with zero attached hydrogens (tertiary/aromatic N) is 1. The molecule has 9 nitrogen and oxygen atoms in total. The molecule has 1 saturated heterocycles. The smallest absolute Gasteiger partial charge is 0.319 e. The second-order valence-corrected chi connectivity index (χ2v) is 7.37. The summed E-state index contributed by atoms with van der Waals surface area (Å²) in [6.45, 7) is 3.72. The van der Waals surface area contributed by atoms with Crippen LogP contribution in [0, 0.1) is 13.8 Å². The normalized spacial score (nSPS) is 21.1. The van der Waals surface area contributed by atoms with Crippen LogP contribution in [0.1, 0.15) is 41.1 Å². The summed E-state index contributed by atoms with van der Waals surface area (Å²) in [5.74, 6) is 0.367. The highest BCUT2D eigenvalue weighted by Gasteiger charge is 2.32. The molecule has 0 radical (unpaired) electrons. The molecule has 3 amide bonds. The third-order valence-corrected chi connectivity index (χ3v) is 5.17. The van der Waals surface area contributed by atoms with Crippen molar-refractivity contribution in [1.29, 1.82) is 0 Å². The van der Waals surface area contributed by atoms with Gasteiger partial charge >= 0.3 is 6.03 Å². The van der Waals surface area contributed by atoms with Gasteiger partial charge in [-0.05, 0) is 45.2 Å². The van der Waals surface area contributed by atoms with Gasteiger partial charge in [0.2, 0.25) is 0 Å². The van der Waals surface area contributed by atoms with E-state index < -0.39 is 6.10 Å². The van der Waals surface area contributed by atoms with Crippen molar-refractivity contribution < 1.29 is 24.0 Å². The van der Waals surface area contributed by atoms with Gasteiger partial charge in [0.25, 0.3) is 5.91 Å². The van der Waals surface area contributed by atoms with Gasteiger partial charge in [0.15, 0.2) is 5.76 Å². The van der Waals surface area contributed by atoms with Crippen LogP contribution in [-0.4, -0.2) is 53.6 Å². The molecule has 1 aliphatic rings. The molecule has 0 spiro atoms. The number of aromatic nitrogens is 1. The summed E-state index contributed by atoms with van der Waals surface area (Å²) in [4.78, 5) is 24.4. The molecule has 3 rings (SSSR count). The molecule has 1 aromatic heterocycles. The standard InChI is InChI=1S/C21H28N4O5/c1-13-19(14(2)30-25-13)24-21(28)22-11-10-16-8-9-17(18(12-26)29-16)23-20(27)15-6-4-3-5-7-15/h3-7,16-18,26H,8-12H2,1-2H3,(H,23,27)(H2,22,24,28)/t16-,17+,18-/m0/s1. The molecular formula is C21H28N4O5. The van der Waals surface area contributed by atoms with Gasteiger partial charge in [-0.2, -0.15) is 0 Å². The Morgan fingerprint density at radius 1 is 1.20 bits per heavy atom. The van der Waals surface area contributed by atoms with Gasteiger partial charge in [-0.25, -0.2) is 4.79 Å². The number of carbonyl (C=O) groups is 2. The van der Waals surface area contributed by atoms with E-state index in [1.54, 1.807) is 38.1 Å². The molecule has 9 heteroatoms. The molecule has 1 aliphatic heterocycles. The Bertz CT molecular complexity index is 835. The minimum absolute atomic E-state index is 0.105. The topological polar surface area (TPSA) is 126 Å². The Kier molecular flexibility index (Phi) is 7.42. The molecule has 1 aromatic carbocycles. The van der Waals surface area contributed by atoms with Gasteiger partial charge in [-0.3, -0.25) is 4.79 Å². The number of aliphatic hydroxyl groups excluding tert-OH is 1. The van der Waals surface area contributed by atoms with Crippen molar-refractivity contribution >= 4 is 17.6 Å². The van der Waals surface area contributed by atoms with Crippen LogP contribution >= 0.6 is 0 Å². The number of aliphatic hydroxyl groups is 1. The fourth-order valence-corrected chi connectivity index (χ4v) is 3.52. The zero-order valence-electron chi connectivity index (χ0n) is 17.2. The van der Waals surface area contributed by atoms with E-state index in [2.05, 4.69) is 21.1 Å². The van der Waals surface area contributed by atoms with Crippen LogP contribution in [-0.2, 0) is 4.74 Å². The molecule has 2 aromatic rings. The average Bonchev–Trinajstić information content (AvgIpc) is 3.07. The summed E-state index contributed by atoms with van der Waals surface area (Å²) in [6, 6.07) is 8.36. The first-order valence-corrected chi connectivity index (χ1v) is 10.1. The molecule has 0 aliphatic carbocycles. The lowest BCUT2D eigenvalue weighted by Gasteiger charge is -2.36. The van der Waals surface area contributed by atoms with Crippen LogP contribution in [0.3, 0.4) is 0 Å². The second-order valence-electron chi connectivity index (χ2n) is 7.37. The molecule has 4 N–H and O–H groups in total. The Morgan fingerprint density at radius 3 is 2.63 bits per heavy atom. The van der Waals surface area contributed by atoms with Crippen LogP contribution in [0.2, 0.25) is 0 Å². The van der Waals surface area contributed by atoms with Gasteiger partial charge in [-0.15, -0.1) is 0 Å². The van der Waals surface area contributed by atoms with Crippen molar-refractivity contribution in [3.63, 3.8) is 0 Å². The van der Waals surface area contributed by atoms with E-state index in [1.165, 1.54) is 0 Å². The minimum Gasteiger partial charge on any atom is -0.394 e. The fraction of sp³-hybridized carbons (Fsp3) is 0.476. The lowest BCUT2D eigenvalue weighted by atomic mass is 9.96. The summed E-state index contributed by atoms with van der Waals surface area (Å²) >= 11 is 0. The Hall–Kier alpha value is -2.91. The zero-order valence-corrected chi connectivity index (χ0v) is 17.2. The number of carbonyl (C=O) groups excluding carboxylic acids is 2. The number of nitrogens with one attached hydrogen (secondary N) is 3. The van der Waals surface area contributed by atoms with Crippen molar-refractivity contribution in [1.82, 2.24) is 15.8 Å². The quantitative estimate of drug-likeness (QED) is 0.548. The van der Waals surface area contributed by atoms with E-state index in [0.29, 0.717) is 42.1 Å². The van der Waals surface area contributed by atoms with E-state index >= 15 is 0 Å². The average molecular weight is 416 g/mol. The highest BCUT2D eigenvalue weighted by molar-refractivity contribution is 5.94. The molecule has 30 heavy (non-hydrogen) atoms. The monoisotopic (exact) mass is 416 g/mol. The first-order chi connectivity index (χ1) is 14.5. The molecule has 0 unspecified atom stereocenters. The van der Waals surface area contributed by atoms with E-state index in [0.717, 1.165) is 6.42 Å². The summed E-state index contributed by atoms with van der Waals surface area (Å²) in [6.07, 6.45) is 1.44. The van der Waals surface area contributed by atoms with Gasteiger partial charge in [0, 0.05) is 12.1 Å². The van der Waals surface area contributed by atoms with E-state index in [4.69, 9.17) is 9.26 Å². The summed E-state index contributed by atoms with van der Waals surface area (Å²) in [5.41, 5.74) is 1.76. The number of anilines is 1. The van der Waals surface area contributed by atoms with Gasteiger partial charge in [0.05, 0.1) is 18.8 Å². The summed E-state index contributed by atoms with van der Waals surface area (Å²) in [5, 5.41) is 22.0. The third-order valence-electron chi connectivity index (χ3n) is 5.17. The maximum atomic E-state index is 12.4. The van der Waals surface area contributed by atoms with E-state index in [1.807, 2.05) is 6.07 Å². The first-order valence-electron chi connectivity index (χ1n) is 10.1. The number of ether oxygens (including phenoxy) is 1. The lowest BCUT2D eigenvalue weighted by Crippen LogP contribution is -2.51. The number of aryl methyl sites for hydroxylation is 2. The van der Waals surface area contributed by atoms with Crippen LogP contribution in [0.15, 0.2) is 34.9 Å². The molecule has 1 fully saturated rings. The van der Waals surface area contributed by atoms with E-state index in [9.17, 15) is 14.7 Å². The zero-order chi connectivity index (χ0) is 21.5. The van der Waals surface area contributed by atoms with Crippen LogP contribution in [0.4, 0.5) is 10.5 Å². The van der Waals surface area contributed by atoms with Crippen molar-refractivity contribution in [2.45, 2.75) is 51.4 Å². The van der Waals surface area contributed by atoms with E-state index in [-0.39, 0.29) is 30.7 Å². The van der Waals surface area contributed by atoms with Crippen molar-refractivity contribution in [3.8, 4) is 0 Å². The van der Waals surface area contributed by atoms with Gasteiger partial charge in [0.1, 0.15) is 17.5 Å². The summed E-state index contributed by atoms with van der Waals surface area (Å²) < 4.78 is 11.0. The number of benzene rings is 1. The molecular weight excluding hydrogens is 388 g/mol. The molecule has 0 saturated carbocycles. The number of hydrogen-bond acceptors (Lipinski definition) is 6. The predicted molar refractivity (Wildman–Crippen MR) is 110 cm³/mol. The molecule has 162 valence electrons. The minimum atomic E-state index is -0.479. The van der Waals surface area contributed by atoms with Crippen LogP contribution < -0.4 is 16.0 Å². The van der Waals surface area contributed by atoms with Crippen LogP contribution in [0.25, 0.3) is 0 Å². The maximum absolute atomic E-state index is 12.4. The molecule has 2 heterocycles. The van der Waals surface area contributed by atoms with Crippen LogP contribution in [0.5, 0.6) is 0 Å². The Labute approximate surface area is 175 Å². The fourth-order valence-electron chi connectivity index (χ4n) is 3.52.